The van der Waals surface area contributed by atoms with Crippen molar-refractivity contribution in [2.45, 2.75) is 18.5 Å². The van der Waals surface area contributed by atoms with Crippen LogP contribution in [0.15, 0.2) is 60.8 Å². The lowest BCUT2D eigenvalue weighted by Crippen LogP contribution is -2.32. The molecule has 4 rings (SSSR count). The molecule has 2 atom stereocenters. The van der Waals surface area contributed by atoms with E-state index in [0.717, 1.165) is 10.6 Å². The van der Waals surface area contributed by atoms with Gasteiger partial charge in [0.05, 0.1) is 27.8 Å². The Balaban J connectivity index is 1.52. The average Bonchev–Trinajstić information content (AvgIpc) is 3.31. The molecule has 5 nitrogen and oxygen atoms in total. The van der Waals surface area contributed by atoms with Gasteiger partial charge in [0.15, 0.2) is 5.11 Å². The van der Waals surface area contributed by atoms with Gasteiger partial charge in [0, 0.05) is 24.0 Å². The molecule has 154 valence electrons. The molecule has 0 radical (unpaired) electrons. The second-order valence-corrected chi connectivity index (χ2v) is 8.87. The van der Waals surface area contributed by atoms with Crippen LogP contribution < -0.4 is 10.6 Å². The fraction of sp³-hybridized carbons (Fsp3) is 0.190. The molecule has 0 aliphatic carbocycles. The number of nitrogens with zero attached hydrogens (tertiary/aromatic N) is 2. The van der Waals surface area contributed by atoms with Crippen LogP contribution in [0.2, 0.25) is 4.34 Å². The molecular formula is C21H18ClFN4OS2. The summed E-state index contributed by atoms with van der Waals surface area (Å²) >= 11 is 13.2. The monoisotopic (exact) mass is 460 g/mol. The molecule has 1 amide bonds. The zero-order valence-electron chi connectivity index (χ0n) is 15.7. The van der Waals surface area contributed by atoms with E-state index in [9.17, 15) is 9.18 Å². The lowest BCUT2D eigenvalue weighted by molar-refractivity contribution is -0.116. The van der Waals surface area contributed by atoms with E-state index in [1.807, 2.05) is 35.2 Å². The lowest BCUT2D eigenvalue weighted by Gasteiger charge is -2.26. The Bertz CT molecular complexity index is 1060. The molecule has 2 aromatic heterocycles. The number of nitrogens with one attached hydrogen (secondary N) is 2. The van der Waals surface area contributed by atoms with Crippen molar-refractivity contribution in [2.75, 3.05) is 11.9 Å². The summed E-state index contributed by atoms with van der Waals surface area (Å²) < 4.78 is 14.5. The highest BCUT2D eigenvalue weighted by atomic mass is 35.5. The van der Waals surface area contributed by atoms with E-state index in [1.165, 1.54) is 23.5 Å². The Morgan fingerprint density at radius 3 is 2.73 bits per heavy atom. The fourth-order valence-electron chi connectivity index (χ4n) is 3.44. The molecule has 3 heterocycles. The van der Waals surface area contributed by atoms with Crippen molar-refractivity contribution in [2.24, 2.45) is 0 Å². The number of hydrogen-bond donors (Lipinski definition) is 2. The van der Waals surface area contributed by atoms with Crippen LogP contribution >= 0.6 is 35.2 Å². The van der Waals surface area contributed by atoms with Crippen molar-refractivity contribution >= 4 is 51.9 Å². The van der Waals surface area contributed by atoms with Crippen molar-refractivity contribution in [1.29, 1.82) is 0 Å². The molecule has 30 heavy (non-hydrogen) atoms. The van der Waals surface area contributed by atoms with Crippen molar-refractivity contribution < 1.29 is 9.18 Å². The van der Waals surface area contributed by atoms with E-state index in [0.29, 0.717) is 16.0 Å². The second-order valence-electron chi connectivity index (χ2n) is 6.74. The van der Waals surface area contributed by atoms with Gasteiger partial charge in [-0.25, -0.2) is 4.39 Å². The van der Waals surface area contributed by atoms with E-state index in [-0.39, 0.29) is 30.1 Å². The van der Waals surface area contributed by atoms with E-state index in [1.54, 1.807) is 18.3 Å². The smallest absolute Gasteiger partial charge is 0.226 e. The van der Waals surface area contributed by atoms with Crippen LogP contribution in [0.1, 0.15) is 29.1 Å². The normalized spacial score (nSPS) is 18.3. The van der Waals surface area contributed by atoms with E-state index >= 15 is 0 Å². The minimum absolute atomic E-state index is 0.147. The first-order valence-electron chi connectivity index (χ1n) is 9.30. The Morgan fingerprint density at radius 1 is 1.23 bits per heavy atom. The number of thiophene rings is 1. The minimum atomic E-state index is -0.467. The van der Waals surface area contributed by atoms with Gasteiger partial charge >= 0.3 is 0 Å². The van der Waals surface area contributed by atoms with Gasteiger partial charge in [0.25, 0.3) is 0 Å². The third kappa shape index (κ3) is 4.45. The Kier molecular flexibility index (Phi) is 6.26. The third-order valence-electron chi connectivity index (χ3n) is 4.81. The number of carbonyl (C=O) groups is 1. The number of amides is 1. The van der Waals surface area contributed by atoms with Gasteiger partial charge in [-0.05, 0) is 48.6 Å². The zero-order chi connectivity index (χ0) is 21.1. The highest BCUT2D eigenvalue weighted by Gasteiger charge is 2.40. The molecule has 0 bridgehead atoms. The quantitative estimate of drug-likeness (QED) is 0.510. The number of carbonyl (C=O) groups excluding carboxylic acids is 1. The topological polar surface area (TPSA) is 57.3 Å². The van der Waals surface area contributed by atoms with Crippen LogP contribution in [0.25, 0.3) is 0 Å². The second kappa shape index (κ2) is 9.07. The molecular weight excluding hydrogens is 443 g/mol. The van der Waals surface area contributed by atoms with E-state index in [2.05, 4.69) is 15.6 Å². The molecule has 3 aromatic rings. The van der Waals surface area contributed by atoms with Crippen molar-refractivity contribution in [1.82, 2.24) is 15.2 Å². The SMILES string of the molecule is O=C(CCN1C(=S)N[C@@H](c2ccccn2)[C@@H]1c1ccc(Cl)s1)Nc1ccccc1F. The van der Waals surface area contributed by atoms with Crippen molar-refractivity contribution in [3.63, 3.8) is 0 Å². The van der Waals surface area contributed by atoms with Crippen LogP contribution in [0.3, 0.4) is 0 Å². The summed E-state index contributed by atoms with van der Waals surface area (Å²) in [5.74, 6) is -0.752. The van der Waals surface area contributed by atoms with E-state index < -0.39 is 5.82 Å². The molecule has 0 spiro atoms. The highest BCUT2D eigenvalue weighted by Crippen LogP contribution is 2.42. The first-order valence-corrected chi connectivity index (χ1v) is 10.9. The van der Waals surface area contributed by atoms with Gasteiger partial charge in [-0.3, -0.25) is 9.78 Å². The average molecular weight is 461 g/mol. The van der Waals surface area contributed by atoms with Gasteiger partial charge in [0.1, 0.15) is 5.82 Å². The molecule has 1 fully saturated rings. The van der Waals surface area contributed by atoms with Crippen LogP contribution in [0, 0.1) is 5.82 Å². The maximum absolute atomic E-state index is 13.8. The number of aromatic nitrogens is 1. The molecule has 0 saturated carbocycles. The Hall–Kier alpha value is -2.55. The molecule has 9 heteroatoms. The van der Waals surface area contributed by atoms with Crippen molar-refractivity contribution in [3.05, 3.63) is 81.5 Å². The number of rotatable bonds is 6. The number of para-hydroxylation sites is 1. The lowest BCUT2D eigenvalue weighted by atomic mass is 10.0. The molecule has 1 aromatic carbocycles. The number of hydrogen-bond acceptors (Lipinski definition) is 4. The molecule has 1 saturated heterocycles. The molecule has 0 unspecified atom stereocenters. The fourth-order valence-corrected chi connectivity index (χ4v) is 4.98. The number of benzene rings is 1. The predicted molar refractivity (Wildman–Crippen MR) is 121 cm³/mol. The predicted octanol–water partition coefficient (Wildman–Crippen LogP) is 4.94. The maximum Gasteiger partial charge on any atom is 0.226 e. The van der Waals surface area contributed by atoms with Gasteiger partial charge in [-0.15, -0.1) is 11.3 Å². The number of anilines is 1. The number of halogens is 2. The van der Waals surface area contributed by atoms with Crippen LogP contribution in [-0.4, -0.2) is 27.4 Å². The maximum atomic E-state index is 13.8. The van der Waals surface area contributed by atoms with Gasteiger partial charge in [-0.2, -0.15) is 0 Å². The summed E-state index contributed by atoms with van der Waals surface area (Å²) in [7, 11) is 0. The molecule has 2 N–H and O–H groups in total. The minimum Gasteiger partial charge on any atom is -0.352 e. The summed E-state index contributed by atoms with van der Waals surface area (Å²) in [4.78, 5) is 19.9. The summed E-state index contributed by atoms with van der Waals surface area (Å²) in [6.45, 7) is 0.371. The van der Waals surface area contributed by atoms with E-state index in [4.69, 9.17) is 23.8 Å². The largest absolute Gasteiger partial charge is 0.352 e. The van der Waals surface area contributed by atoms with Crippen LogP contribution in [-0.2, 0) is 4.79 Å². The molecule has 1 aliphatic rings. The zero-order valence-corrected chi connectivity index (χ0v) is 18.1. The van der Waals surface area contributed by atoms with Crippen molar-refractivity contribution in [3.8, 4) is 0 Å². The summed E-state index contributed by atoms with van der Waals surface area (Å²) in [5, 5.41) is 6.48. The number of thiocarbonyl (C=S) groups is 1. The standard InChI is InChI=1S/C21H18ClFN4OS2/c22-17-9-8-16(30-17)20-19(15-7-3-4-11-24-15)26-21(29)27(20)12-10-18(28)25-14-6-2-1-5-13(14)23/h1-9,11,19-20H,10,12H2,(H,25,28)(H,26,29)/t19-,20-/m0/s1. The van der Waals surface area contributed by atoms with Crippen LogP contribution in [0.4, 0.5) is 10.1 Å². The third-order valence-corrected chi connectivity index (χ3v) is 6.47. The molecule has 1 aliphatic heterocycles. The number of pyridine rings is 1. The Labute approximate surface area is 187 Å². The van der Waals surface area contributed by atoms with Gasteiger partial charge < -0.3 is 15.5 Å². The first-order chi connectivity index (χ1) is 14.5. The highest BCUT2D eigenvalue weighted by molar-refractivity contribution is 7.80. The summed E-state index contributed by atoms with van der Waals surface area (Å²) in [5.41, 5.74) is 1.02. The van der Waals surface area contributed by atoms with Gasteiger partial charge in [0.2, 0.25) is 5.91 Å². The first kappa shape index (κ1) is 20.7. The van der Waals surface area contributed by atoms with Gasteiger partial charge in [-0.1, -0.05) is 29.8 Å². The van der Waals surface area contributed by atoms with Crippen LogP contribution in [0.5, 0.6) is 0 Å². The Morgan fingerprint density at radius 2 is 2.03 bits per heavy atom. The summed E-state index contributed by atoms with van der Waals surface area (Å²) in [6, 6.07) is 15.3. The summed E-state index contributed by atoms with van der Waals surface area (Å²) in [6.07, 6.45) is 1.89.